The van der Waals surface area contributed by atoms with Gasteiger partial charge in [0.15, 0.2) is 6.10 Å². The summed E-state index contributed by atoms with van der Waals surface area (Å²) in [6.45, 7) is 4.54. The van der Waals surface area contributed by atoms with Crippen molar-refractivity contribution in [3.05, 3.63) is 60.8 Å². The first kappa shape index (κ1) is 75.2. The van der Waals surface area contributed by atoms with Crippen LogP contribution in [0.25, 0.3) is 0 Å². The lowest BCUT2D eigenvalue weighted by molar-refractivity contribution is -0.161. The quantitative estimate of drug-likeness (QED) is 0.0197. The average Bonchev–Trinajstić information content (AvgIpc) is 3.43. The van der Waals surface area contributed by atoms with Gasteiger partial charge >= 0.3 is 25.7 Å². The van der Waals surface area contributed by atoms with Gasteiger partial charge in [-0.1, -0.05) is 261 Å². The largest absolute Gasteiger partial charge is 0.472 e. The van der Waals surface area contributed by atoms with Crippen molar-refractivity contribution in [3.63, 3.8) is 0 Å². The second kappa shape index (κ2) is 60.3. The van der Waals surface area contributed by atoms with Crippen LogP contribution in [0, 0.1) is 0 Å². The maximum absolute atomic E-state index is 13.0. The van der Waals surface area contributed by atoms with Crippen molar-refractivity contribution in [2.24, 2.45) is 0 Å². The van der Waals surface area contributed by atoms with Crippen molar-refractivity contribution in [1.82, 2.24) is 0 Å². The molecule has 0 aliphatic rings. The Bertz CT molecular complexity index is 1540. The van der Waals surface area contributed by atoms with Gasteiger partial charge in [0.25, 0.3) is 0 Å². The Labute approximate surface area is 478 Å². The van der Waals surface area contributed by atoms with Crippen LogP contribution in [-0.4, -0.2) is 66.5 Å². The van der Waals surface area contributed by atoms with E-state index in [9.17, 15) is 28.9 Å². The summed E-state index contributed by atoms with van der Waals surface area (Å²) in [4.78, 5) is 48.7. The highest BCUT2D eigenvalue weighted by Gasteiger charge is 2.28. The summed E-state index contributed by atoms with van der Waals surface area (Å²) in [6.07, 6.45) is 67.4. The Kier molecular flexibility index (Phi) is 58.1. The summed E-state index contributed by atoms with van der Waals surface area (Å²) in [5, 5.41) is 9.84. The first-order valence-corrected chi connectivity index (χ1v) is 33.7. The van der Waals surface area contributed by atoms with E-state index in [0.29, 0.717) is 19.3 Å². The van der Waals surface area contributed by atoms with Crippen LogP contribution in [0.5, 0.6) is 0 Å². The third kappa shape index (κ3) is 57.9. The molecule has 2 N–H and O–H groups in total. The van der Waals surface area contributed by atoms with Crippen molar-refractivity contribution in [2.75, 3.05) is 26.4 Å². The van der Waals surface area contributed by atoms with Crippen molar-refractivity contribution in [1.29, 1.82) is 0 Å². The molecule has 454 valence electrons. The zero-order valence-electron chi connectivity index (χ0n) is 50.4. The van der Waals surface area contributed by atoms with Gasteiger partial charge in [0, 0.05) is 19.3 Å². The van der Waals surface area contributed by atoms with Crippen molar-refractivity contribution >= 4 is 25.7 Å². The minimum Gasteiger partial charge on any atom is -0.462 e. The van der Waals surface area contributed by atoms with Crippen LogP contribution in [0.1, 0.15) is 303 Å². The summed E-state index contributed by atoms with van der Waals surface area (Å²) in [5.41, 5.74) is 0. The van der Waals surface area contributed by atoms with Gasteiger partial charge in [-0.2, -0.15) is 0 Å². The molecule has 0 rings (SSSR count). The Morgan fingerprint density at radius 2 is 0.667 bits per heavy atom. The summed E-state index contributed by atoms with van der Waals surface area (Å²) in [5.74, 6) is -1.47. The van der Waals surface area contributed by atoms with Gasteiger partial charge < -0.3 is 24.2 Å². The Balaban J connectivity index is 4.69. The molecule has 0 aromatic rings. The van der Waals surface area contributed by atoms with E-state index in [4.69, 9.17) is 23.3 Å². The average molecular weight is 1120 g/mol. The van der Waals surface area contributed by atoms with E-state index in [-0.39, 0.29) is 25.9 Å². The van der Waals surface area contributed by atoms with Gasteiger partial charge in [0.2, 0.25) is 0 Å². The second-order valence-corrected chi connectivity index (χ2v) is 23.0. The zero-order chi connectivity index (χ0) is 56.9. The molecule has 0 aromatic carbocycles. The van der Waals surface area contributed by atoms with E-state index in [1.165, 1.54) is 141 Å². The van der Waals surface area contributed by atoms with Crippen LogP contribution < -0.4 is 0 Å². The third-order valence-corrected chi connectivity index (χ3v) is 14.9. The number of hydrogen-bond donors (Lipinski definition) is 2. The molecule has 0 aromatic heterocycles. The molecule has 78 heavy (non-hydrogen) atoms. The molecule has 0 aliphatic carbocycles. The Morgan fingerprint density at radius 1 is 0.372 bits per heavy atom. The number of unbranched alkanes of at least 4 members (excludes halogenated alkanes) is 33. The number of hydrogen-bond acceptors (Lipinski definition) is 10. The predicted octanol–water partition coefficient (Wildman–Crippen LogP) is 19.5. The number of ether oxygens (including phenoxy) is 3. The normalized spacial score (nSPS) is 13.7. The molecule has 0 bridgehead atoms. The lowest BCUT2D eigenvalue weighted by Crippen LogP contribution is -2.30. The summed E-state index contributed by atoms with van der Waals surface area (Å²) >= 11 is 0. The number of aliphatic hydroxyl groups excluding tert-OH is 1. The number of aliphatic hydroxyl groups is 1. The molecular formula is C66H119O11P. The molecule has 0 saturated carbocycles. The maximum atomic E-state index is 13.0. The van der Waals surface area contributed by atoms with Gasteiger partial charge in [-0.05, 0) is 83.5 Å². The predicted molar refractivity (Wildman–Crippen MR) is 325 cm³/mol. The molecule has 0 spiro atoms. The maximum Gasteiger partial charge on any atom is 0.472 e. The number of carbonyl (C=O) groups excluding carboxylic acids is 3. The number of esters is 3. The van der Waals surface area contributed by atoms with E-state index in [2.05, 4.69) is 81.5 Å². The fourth-order valence-corrected chi connectivity index (χ4v) is 9.83. The van der Waals surface area contributed by atoms with Crippen LogP contribution in [0.4, 0.5) is 0 Å². The van der Waals surface area contributed by atoms with Crippen LogP contribution in [0.2, 0.25) is 0 Å². The smallest absolute Gasteiger partial charge is 0.462 e. The molecule has 3 atom stereocenters. The first-order valence-electron chi connectivity index (χ1n) is 32.2. The molecule has 0 amide bonds. The SMILES string of the molecule is CC/C=C\C/C=C\C/C=C\CCCCCCCC(=O)OC(CO)COP(=O)(O)OCC(COC(=O)CCCCCCCCCCC/C=C\C/C=C\CCCCC)OC(=O)CCCCCCCCCCCCCCCCCCC. The van der Waals surface area contributed by atoms with Crippen LogP contribution in [0.3, 0.4) is 0 Å². The molecule has 0 radical (unpaired) electrons. The number of rotatable bonds is 60. The van der Waals surface area contributed by atoms with Crippen molar-refractivity contribution in [2.45, 2.75) is 315 Å². The van der Waals surface area contributed by atoms with Gasteiger partial charge in [0.1, 0.15) is 12.7 Å². The molecular weight excluding hydrogens is 1000 g/mol. The molecule has 0 fully saturated rings. The highest BCUT2D eigenvalue weighted by atomic mass is 31.2. The zero-order valence-corrected chi connectivity index (χ0v) is 51.3. The minimum absolute atomic E-state index is 0.158. The minimum atomic E-state index is -4.76. The van der Waals surface area contributed by atoms with Crippen molar-refractivity contribution in [3.8, 4) is 0 Å². The summed E-state index contributed by atoms with van der Waals surface area (Å²) < 4.78 is 39.7. The van der Waals surface area contributed by atoms with E-state index in [1.807, 2.05) is 0 Å². The molecule has 11 nitrogen and oxygen atoms in total. The molecule has 12 heteroatoms. The fraction of sp³-hybridized carbons (Fsp3) is 0.803. The van der Waals surface area contributed by atoms with Crippen LogP contribution in [-0.2, 0) is 42.2 Å². The second-order valence-electron chi connectivity index (χ2n) is 21.6. The first-order chi connectivity index (χ1) is 38.2. The van der Waals surface area contributed by atoms with E-state index in [1.54, 1.807) is 0 Å². The van der Waals surface area contributed by atoms with Gasteiger partial charge in [-0.15, -0.1) is 0 Å². The Morgan fingerprint density at radius 3 is 1.05 bits per heavy atom. The highest BCUT2D eigenvalue weighted by molar-refractivity contribution is 7.47. The van der Waals surface area contributed by atoms with E-state index < -0.39 is 57.8 Å². The lowest BCUT2D eigenvalue weighted by Gasteiger charge is -2.21. The monoisotopic (exact) mass is 1120 g/mol. The number of allylic oxidation sites excluding steroid dienone is 10. The topological polar surface area (TPSA) is 155 Å². The standard InChI is InChI=1S/C66H119O11P/c1-4-7-10-13-16-19-22-25-28-30-31-33-35-37-40-43-46-49-52-55-64(68)73-59-63(77-66(70)57-54-51-48-45-42-39-36-32-29-26-23-20-17-14-11-8-5-2)61-75-78(71,72)74-60-62(58-67)76-65(69)56-53-50-47-44-41-38-34-27-24-21-18-15-12-9-6-3/h9,12,16,18-19,21,25,27-28,34,62-63,67H,4-8,10-11,13-15,17,20,22-24,26,29-33,35-61H2,1-3H3,(H,71,72)/b12-9-,19-16-,21-18-,28-25-,34-27-. The number of phosphoric acid groups is 1. The number of carbonyl (C=O) groups is 3. The van der Waals surface area contributed by atoms with Gasteiger partial charge in [0.05, 0.1) is 19.8 Å². The van der Waals surface area contributed by atoms with E-state index in [0.717, 1.165) is 103 Å². The van der Waals surface area contributed by atoms with E-state index >= 15 is 0 Å². The molecule has 0 aliphatic heterocycles. The molecule has 0 saturated heterocycles. The highest BCUT2D eigenvalue weighted by Crippen LogP contribution is 2.43. The van der Waals surface area contributed by atoms with Crippen molar-refractivity contribution < 1.29 is 52.2 Å². The fourth-order valence-electron chi connectivity index (χ4n) is 9.05. The molecule has 3 unspecified atom stereocenters. The molecule has 0 heterocycles. The van der Waals surface area contributed by atoms with Crippen LogP contribution >= 0.6 is 7.82 Å². The lowest BCUT2D eigenvalue weighted by atomic mass is 10.0. The third-order valence-electron chi connectivity index (χ3n) is 13.9. The van der Waals surface area contributed by atoms with Gasteiger partial charge in [-0.3, -0.25) is 23.4 Å². The number of phosphoric ester groups is 1. The Hall–Kier alpha value is -2.82. The summed E-state index contributed by atoms with van der Waals surface area (Å²) in [6, 6.07) is 0. The summed E-state index contributed by atoms with van der Waals surface area (Å²) in [7, 11) is -4.76. The van der Waals surface area contributed by atoms with Gasteiger partial charge in [-0.25, -0.2) is 4.57 Å². The van der Waals surface area contributed by atoms with Crippen LogP contribution in [0.15, 0.2) is 60.8 Å².